The fraction of sp³-hybridized carbons (Fsp3) is 0.333. The van der Waals surface area contributed by atoms with Crippen LogP contribution in [0.4, 0.5) is 8.78 Å². The second-order valence-corrected chi connectivity index (χ2v) is 8.65. The predicted octanol–water partition coefficient (Wildman–Crippen LogP) is 7.66. The van der Waals surface area contributed by atoms with Crippen molar-refractivity contribution in [2.75, 3.05) is 0 Å². The molecule has 0 aliphatic heterocycles. The Bertz CT molecular complexity index is 920. The van der Waals surface area contributed by atoms with Gasteiger partial charge in [-0.15, -0.1) is 11.3 Å². The quantitative estimate of drug-likeness (QED) is 0.393. The smallest absolute Gasteiger partial charge is 0.168 e. The molecule has 1 aromatic heterocycles. The molecule has 1 fully saturated rings. The van der Waals surface area contributed by atoms with Gasteiger partial charge in [-0.3, -0.25) is 0 Å². The Kier molecular flexibility index (Phi) is 5.40. The Balaban J connectivity index is 1.58. The molecule has 0 unspecified atom stereocenters. The van der Waals surface area contributed by atoms with Crippen molar-refractivity contribution in [1.29, 1.82) is 0 Å². The van der Waals surface area contributed by atoms with Crippen molar-refractivity contribution in [3.8, 4) is 21.6 Å². The molecule has 0 atom stereocenters. The zero-order valence-electron chi connectivity index (χ0n) is 15.6. The second kappa shape index (κ2) is 7.93. The van der Waals surface area contributed by atoms with Crippen LogP contribution >= 0.6 is 11.3 Å². The molecule has 3 heteroatoms. The highest BCUT2D eigenvalue weighted by Crippen LogP contribution is 2.37. The minimum atomic E-state index is -0.760. The molecule has 0 bridgehead atoms. The van der Waals surface area contributed by atoms with Crippen LogP contribution in [0.2, 0.25) is 0 Å². The van der Waals surface area contributed by atoms with E-state index in [0.29, 0.717) is 16.7 Å². The van der Waals surface area contributed by atoms with Gasteiger partial charge >= 0.3 is 0 Å². The summed E-state index contributed by atoms with van der Waals surface area (Å²) in [6.45, 7) is 2.13. The molecule has 0 amide bonds. The van der Waals surface area contributed by atoms with Gasteiger partial charge in [0.05, 0.1) is 0 Å². The summed E-state index contributed by atoms with van der Waals surface area (Å²) in [5.41, 5.74) is 2.62. The van der Waals surface area contributed by atoms with Crippen molar-refractivity contribution in [1.82, 2.24) is 0 Å². The molecule has 0 saturated heterocycles. The van der Waals surface area contributed by atoms with Gasteiger partial charge in [0.1, 0.15) is 0 Å². The Morgan fingerprint density at radius 2 is 1.56 bits per heavy atom. The summed E-state index contributed by atoms with van der Waals surface area (Å²) in [6, 6.07) is 15.1. The van der Waals surface area contributed by atoms with Crippen LogP contribution < -0.4 is 0 Å². The molecule has 0 radical (unpaired) electrons. The Hall–Kier alpha value is -2.00. The summed E-state index contributed by atoms with van der Waals surface area (Å²) in [6.07, 6.45) is 7.02. The van der Waals surface area contributed by atoms with Crippen LogP contribution in [0.15, 0.2) is 48.5 Å². The molecule has 3 aromatic rings. The van der Waals surface area contributed by atoms with Crippen molar-refractivity contribution in [2.45, 2.75) is 45.4 Å². The number of rotatable bonds is 7. The summed E-state index contributed by atoms with van der Waals surface area (Å²) < 4.78 is 29.6. The maximum absolute atomic E-state index is 14.8. The van der Waals surface area contributed by atoms with Crippen LogP contribution in [0.5, 0.6) is 0 Å². The minimum absolute atomic E-state index is 0.324. The Morgan fingerprint density at radius 3 is 2.26 bits per heavy atom. The van der Waals surface area contributed by atoms with E-state index < -0.39 is 11.6 Å². The summed E-state index contributed by atoms with van der Waals surface area (Å²) in [7, 11) is 0. The van der Waals surface area contributed by atoms with Crippen LogP contribution in [0.25, 0.3) is 21.6 Å². The normalized spacial score (nSPS) is 13.9. The van der Waals surface area contributed by atoms with E-state index in [0.717, 1.165) is 30.1 Å². The lowest BCUT2D eigenvalue weighted by Gasteiger charge is -2.09. The van der Waals surface area contributed by atoms with Gasteiger partial charge in [-0.1, -0.05) is 56.5 Å². The van der Waals surface area contributed by atoms with Crippen molar-refractivity contribution in [2.24, 2.45) is 5.92 Å². The first-order valence-corrected chi connectivity index (χ1v) is 10.6. The first-order chi connectivity index (χ1) is 13.2. The molecule has 0 nitrogen and oxygen atoms in total. The van der Waals surface area contributed by atoms with Crippen LogP contribution in [0.3, 0.4) is 0 Å². The SMILES string of the molecule is CCCc1ccc(-c2ccc(-c3ccc(CCC4CC4)s3)c(F)c2F)cc1. The lowest BCUT2D eigenvalue weighted by Crippen LogP contribution is -1.93. The number of halogens is 2. The largest absolute Gasteiger partial charge is 0.203 e. The van der Waals surface area contributed by atoms with Crippen molar-refractivity contribution < 1.29 is 8.78 Å². The lowest BCUT2D eigenvalue weighted by molar-refractivity contribution is 0.514. The number of hydrogen-bond donors (Lipinski definition) is 0. The molecular formula is C24H24F2S. The van der Waals surface area contributed by atoms with Gasteiger partial charge in [-0.05, 0) is 54.5 Å². The maximum atomic E-state index is 14.8. The number of benzene rings is 2. The van der Waals surface area contributed by atoms with Crippen LogP contribution in [0.1, 0.15) is 43.0 Å². The van der Waals surface area contributed by atoms with Crippen LogP contribution in [-0.2, 0) is 12.8 Å². The summed E-state index contributed by atoms with van der Waals surface area (Å²) in [5, 5.41) is 0. The number of thiophene rings is 1. The fourth-order valence-corrected chi connectivity index (χ4v) is 4.55. The van der Waals surface area contributed by atoms with Gasteiger partial charge in [0.2, 0.25) is 0 Å². The Labute approximate surface area is 163 Å². The average Bonchev–Trinajstić information content (AvgIpc) is 3.40. The van der Waals surface area contributed by atoms with E-state index in [2.05, 4.69) is 13.0 Å². The summed E-state index contributed by atoms with van der Waals surface area (Å²) in [4.78, 5) is 2.06. The molecule has 0 spiro atoms. The summed E-state index contributed by atoms with van der Waals surface area (Å²) in [5.74, 6) is -0.628. The minimum Gasteiger partial charge on any atom is -0.203 e. The topological polar surface area (TPSA) is 0 Å². The first kappa shape index (κ1) is 18.4. The van der Waals surface area contributed by atoms with E-state index in [-0.39, 0.29) is 0 Å². The molecule has 1 heterocycles. The van der Waals surface area contributed by atoms with E-state index in [1.165, 1.54) is 29.7 Å². The third kappa shape index (κ3) is 4.14. The van der Waals surface area contributed by atoms with E-state index in [4.69, 9.17) is 0 Å². The third-order valence-corrected chi connectivity index (χ3v) is 6.49. The van der Waals surface area contributed by atoms with Gasteiger partial charge in [0.25, 0.3) is 0 Å². The molecular weight excluding hydrogens is 358 g/mol. The van der Waals surface area contributed by atoms with Gasteiger partial charge in [0.15, 0.2) is 11.6 Å². The van der Waals surface area contributed by atoms with Gasteiger partial charge in [-0.25, -0.2) is 8.78 Å². The average molecular weight is 383 g/mol. The van der Waals surface area contributed by atoms with E-state index in [9.17, 15) is 8.78 Å². The van der Waals surface area contributed by atoms with E-state index in [1.54, 1.807) is 23.5 Å². The van der Waals surface area contributed by atoms with Crippen molar-refractivity contribution in [3.63, 3.8) is 0 Å². The number of aryl methyl sites for hydroxylation is 2. The molecule has 140 valence electrons. The standard InChI is InChI=1S/C24H24F2S/c1-2-3-16-6-9-18(10-7-16)20-13-14-21(24(26)23(20)25)22-15-12-19(27-22)11-8-17-4-5-17/h6-7,9-10,12-15,17H,2-5,8,11H2,1H3. The molecule has 2 aromatic carbocycles. The molecule has 4 rings (SSSR count). The Morgan fingerprint density at radius 1 is 0.852 bits per heavy atom. The van der Waals surface area contributed by atoms with E-state index in [1.807, 2.05) is 30.3 Å². The van der Waals surface area contributed by atoms with Gasteiger partial charge < -0.3 is 0 Å². The van der Waals surface area contributed by atoms with Crippen LogP contribution in [-0.4, -0.2) is 0 Å². The third-order valence-electron chi connectivity index (χ3n) is 5.31. The van der Waals surface area contributed by atoms with Crippen molar-refractivity contribution in [3.05, 3.63) is 70.6 Å². The zero-order valence-corrected chi connectivity index (χ0v) is 16.4. The molecule has 1 saturated carbocycles. The molecule has 1 aliphatic rings. The monoisotopic (exact) mass is 382 g/mol. The van der Waals surface area contributed by atoms with Gasteiger partial charge in [0, 0.05) is 20.9 Å². The van der Waals surface area contributed by atoms with E-state index >= 15 is 0 Å². The summed E-state index contributed by atoms with van der Waals surface area (Å²) >= 11 is 1.58. The first-order valence-electron chi connectivity index (χ1n) is 9.82. The maximum Gasteiger partial charge on any atom is 0.168 e. The lowest BCUT2D eigenvalue weighted by atomic mass is 10.00. The molecule has 1 aliphatic carbocycles. The van der Waals surface area contributed by atoms with Crippen molar-refractivity contribution >= 4 is 11.3 Å². The predicted molar refractivity (Wildman–Crippen MR) is 110 cm³/mol. The molecule has 27 heavy (non-hydrogen) atoms. The molecule has 0 N–H and O–H groups in total. The highest BCUT2D eigenvalue weighted by molar-refractivity contribution is 7.15. The van der Waals surface area contributed by atoms with Crippen LogP contribution in [0, 0.1) is 17.6 Å². The number of hydrogen-bond acceptors (Lipinski definition) is 1. The highest BCUT2D eigenvalue weighted by Gasteiger charge is 2.21. The zero-order chi connectivity index (χ0) is 18.8. The fourth-order valence-electron chi connectivity index (χ4n) is 3.51. The highest BCUT2D eigenvalue weighted by atomic mass is 32.1. The second-order valence-electron chi connectivity index (χ2n) is 7.48. The van der Waals surface area contributed by atoms with Gasteiger partial charge in [-0.2, -0.15) is 0 Å².